The Morgan fingerprint density at radius 3 is 2.34 bits per heavy atom. The summed E-state index contributed by atoms with van der Waals surface area (Å²) < 4.78 is 5.96. The molecule has 1 aliphatic carbocycles. The molecule has 0 saturated carbocycles. The van der Waals surface area contributed by atoms with Crippen LogP contribution in [0.25, 0.3) is 0 Å². The first-order valence-corrected chi connectivity index (χ1v) is 12.5. The smallest absolute Gasteiger partial charge is 0.291 e. The van der Waals surface area contributed by atoms with Gasteiger partial charge in [0.2, 0.25) is 0 Å². The SMILES string of the molecule is Cc1c(C(=O)Nc2ccc(N=Nc3ccccc3)cc2)oc2c1/C(=N/NC(=O)c1cccc(Cl)c1)CCC2. The van der Waals surface area contributed by atoms with E-state index in [0.29, 0.717) is 51.8 Å². The Morgan fingerprint density at radius 2 is 1.61 bits per heavy atom. The minimum Gasteiger partial charge on any atom is -0.455 e. The molecule has 0 saturated heterocycles. The van der Waals surface area contributed by atoms with Gasteiger partial charge in [0.1, 0.15) is 5.76 Å². The topological polar surface area (TPSA) is 108 Å². The largest absolute Gasteiger partial charge is 0.455 e. The van der Waals surface area contributed by atoms with Gasteiger partial charge in [-0.1, -0.05) is 35.9 Å². The summed E-state index contributed by atoms with van der Waals surface area (Å²) in [7, 11) is 0. The highest BCUT2D eigenvalue weighted by molar-refractivity contribution is 6.31. The molecule has 2 amide bonds. The lowest BCUT2D eigenvalue weighted by molar-refractivity contribution is 0.0953. The van der Waals surface area contributed by atoms with Crippen molar-refractivity contribution in [2.24, 2.45) is 15.3 Å². The zero-order chi connectivity index (χ0) is 26.5. The Balaban J connectivity index is 1.29. The molecule has 0 fully saturated rings. The van der Waals surface area contributed by atoms with Gasteiger partial charge in [0.25, 0.3) is 11.8 Å². The second-order valence-electron chi connectivity index (χ2n) is 8.75. The second kappa shape index (κ2) is 11.2. The Labute approximate surface area is 224 Å². The van der Waals surface area contributed by atoms with E-state index in [-0.39, 0.29) is 17.6 Å². The maximum Gasteiger partial charge on any atom is 0.291 e. The highest BCUT2D eigenvalue weighted by Crippen LogP contribution is 2.30. The van der Waals surface area contributed by atoms with E-state index in [2.05, 4.69) is 26.1 Å². The molecule has 1 aliphatic rings. The van der Waals surface area contributed by atoms with Crippen LogP contribution in [0, 0.1) is 6.92 Å². The number of hydrazone groups is 1. The van der Waals surface area contributed by atoms with Crippen molar-refractivity contribution in [1.29, 1.82) is 0 Å². The first-order valence-electron chi connectivity index (χ1n) is 12.1. The summed E-state index contributed by atoms with van der Waals surface area (Å²) in [4.78, 5) is 25.6. The van der Waals surface area contributed by atoms with E-state index in [1.165, 1.54) is 0 Å². The van der Waals surface area contributed by atoms with E-state index in [1.54, 1.807) is 48.5 Å². The quantitative estimate of drug-likeness (QED) is 0.202. The van der Waals surface area contributed by atoms with Crippen LogP contribution in [0.15, 0.2) is 98.6 Å². The van der Waals surface area contributed by atoms with Crippen molar-refractivity contribution in [3.8, 4) is 0 Å². The average Bonchev–Trinajstić information content (AvgIpc) is 3.29. The summed E-state index contributed by atoms with van der Waals surface area (Å²) >= 11 is 5.99. The molecule has 0 bridgehead atoms. The van der Waals surface area contributed by atoms with Gasteiger partial charge in [0.05, 0.1) is 17.1 Å². The summed E-state index contributed by atoms with van der Waals surface area (Å²) in [5.74, 6) is 0.181. The van der Waals surface area contributed by atoms with E-state index in [0.717, 1.165) is 17.7 Å². The number of furan rings is 1. The Morgan fingerprint density at radius 1 is 0.868 bits per heavy atom. The van der Waals surface area contributed by atoms with Gasteiger partial charge >= 0.3 is 0 Å². The van der Waals surface area contributed by atoms with Gasteiger partial charge in [0, 0.05) is 33.8 Å². The first kappa shape index (κ1) is 25.1. The van der Waals surface area contributed by atoms with Crippen LogP contribution in [0.1, 0.15) is 50.6 Å². The van der Waals surface area contributed by atoms with E-state index < -0.39 is 0 Å². The lowest BCUT2D eigenvalue weighted by Crippen LogP contribution is -2.22. The standard InChI is InChI=1S/C29H24ClN5O3/c1-18-26-24(34-35-28(36)19-7-5-8-20(30)17-19)11-6-12-25(26)38-27(18)29(37)31-21-13-15-23(16-14-21)33-32-22-9-3-2-4-10-22/h2-5,7-10,13-17H,6,11-12H2,1H3,(H,31,37)(H,35,36)/b33-32?,34-24+. The number of carbonyl (C=O) groups is 2. The van der Waals surface area contributed by atoms with Crippen molar-refractivity contribution in [3.63, 3.8) is 0 Å². The van der Waals surface area contributed by atoms with E-state index >= 15 is 0 Å². The maximum atomic E-state index is 13.1. The van der Waals surface area contributed by atoms with Gasteiger partial charge in [-0.15, -0.1) is 0 Å². The van der Waals surface area contributed by atoms with E-state index in [4.69, 9.17) is 16.0 Å². The molecule has 1 aromatic heterocycles. The molecule has 3 aromatic carbocycles. The van der Waals surface area contributed by atoms with Crippen molar-refractivity contribution in [1.82, 2.24) is 5.43 Å². The molecule has 8 nitrogen and oxygen atoms in total. The molecule has 5 rings (SSSR count). The average molecular weight is 526 g/mol. The van der Waals surface area contributed by atoms with Crippen LogP contribution in [0.5, 0.6) is 0 Å². The summed E-state index contributed by atoms with van der Waals surface area (Å²) in [6, 6.07) is 23.2. The second-order valence-corrected chi connectivity index (χ2v) is 9.19. The molecule has 38 heavy (non-hydrogen) atoms. The maximum absolute atomic E-state index is 13.1. The van der Waals surface area contributed by atoms with Crippen molar-refractivity contribution in [2.45, 2.75) is 26.2 Å². The number of anilines is 1. The first-order chi connectivity index (χ1) is 18.5. The molecule has 0 unspecified atom stereocenters. The van der Waals surface area contributed by atoms with Crippen LogP contribution < -0.4 is 10.7 Å². The molecule has 2 N–H and O–H groups in total. The lowest BCUT2D eigenvalue weighted by atomic mass is 9.93. The Hall–Kier alpha value is -4.56. The zero-order valence-corrected chi connectivity index (χ0v) is 21.3. The third-order valence-corrected chi connectivity index (χ3v) is 6.31. The van der Waals surface area contributed by atoms with Crippen molar-refractivity contribution in [2.75, 3.05) is 5.32 Å². The molecule has 0 spiro atoms. The Bertz CT molecular complexity index is 1540. The van der Waals surface area contributed by atoms with Gasteiger partial charge in [-0.2, -0.15) is 15.3 Å². The van der Waals surface area contributed by atoms with E-state index in [9.17, 15) is 9.59 Å². The molecule has 190 valence electrons. The molecule has 0 aliphatic heterocycles. The number of hydrogen-bond donors (Lipinski definition) is 2. The minimum absolute atomic E-state index is 0.221. The number of fused-ring (bicyclic) bond motifs is 1. The van der Waals surface area contributed by atoms with Gasteiger partial charge in [0.15, 0.2) is 5.76 Å². The van der Waals surface area contributed by atoms with E-state index in [1.807, 2.05) is 37.3 Å². The molecule has 9 heteroatoms. The number of azo groups is 1. The Kier molecular flexibility index (Phi) is 7.42. The fraction of sp³-hybridized carbons (Fsp3) is 0.138. The summed E-state index contributed by atoms with van der Waals surface area (Å²) in [5.41, 5.74) is 7.16. The molecule has 0 radical (unpaired) electrons. The van der Waals surface area contributed by atoms with Gasteiger partial charge < -0.3 is 9.73 Å². The predicted octanol–water partition coefficient (Wildman–Crippen LogP) is 7.38. The van der Waals surface area contributed by atoms with Crippen molar-refractivity contribution in [3.05, 3.63) is 112 Å². The van der Waals surface area contributed by atoms with Crippen molar-refractivity contribution >= 4 is 46.2 Å². The van der Waals surface area contributed by atoms with Crippen LogP contribution in [0.2, 0.25) is 5.02 Å². The fourth-order valence-electron chi connectivity index (χ4n) is 4.22. The highest BCUT2D eigenvalue weighted by atomic mass is 35.5. The number of benzene rings is 3. The summed E-state index contributed by atoms with van der Waals surface area (Å²) in [5, 5.41) is 16.1. The van der Waals surface area contributed by atoms with Gasteiger partial charge in [-0.05, 0) is 74.4 Å². The van der Waals surface area contributed by atoms with Crippen LogP contribution in [-0.4, -0.2) is 17.5 Å². The van der Waals surface area contributed by atoms with Crippen LogP contribution in [-0.2, 0) is 6.42 Å². The van der Waals surface area contributed by atoms with Gasteiger partial charge in [-0.3, -0.25) is 9.59 Å². The number of aryl methyl sites for hydroxylation is 1. The van der Waals surface area contributed by atoms with Crippen LogP contribution >= 0.6 is 11.6 Å². The molecular formula is C29H24ClN5O3. The molecule has 4 aromatic rings. The van der Waals surface area contributed by atoms with Gasteiger partial charge in [-0.25, -0.2) is 5.43 Å². The number of nitrogens with one attached hydrogen (secondary N) is 2. The number of halogens is 1. The fourth-order valence-corrected chi connectivity index (χ4v) is 4.41. The third kappa shape index (κ3) is 5.71. The number of rotatable bonds is 6. The number of hydrogen-bond acceptors (Lipinski definition) is 6. The lowest BCUT2D eigenvalue weighted by Gasteiger charge is -2.13. The normalized spacial score (nSPS) is 13.9. The molecular weight excluding hydrogens is 502 g/mol. The summed E-state index contributed by atoms with van der Waals surface area (Å²) in [6.07, 6.45) is 2.14. The monoisotopic (exact) mass is 525 g/mol. The minimum atomic E-state index is -0.363. The van der Waals surface area contributed by atoms with Crippen LogP contribution in [0.4, 0.5) is 17.1 Å². The predicted molar refractivity (Wildman–Crippen MR) is 147 cm³/mol. The molecule has 1 heterocycles. The third-order valence-electron chi connectivity index (χ3n) is 6.07. The summed E-state index contributed by atoms with van der Waals surface area (Å²) in [6.45, 7) is 1.82. The number of carbonyl (C=O) groups excluding carboxylic acids is 2. The highest BCUT2D eigenvalue weighted by Gasteiger charge is 2.28. The van der Waals surface area contributed by atoms with Crippen LogP contribution in [0.3, 0.4) is 0 Å². The van der Waals surface area contributed by atoms with Crippen molar-refractivity contribution < 1.29 is 14.0 Å². The number of amides is 2. The zero-order valence-electron chi connectivity index (χ0n) is 20.6. The number of nitrogens with zero attached hydrogens (tertiary/aromatic N) is 3. The molecule has 0 atom stereocenters.